The highest BCUT2D eigenvalue weighted by molar-refractivity contribution is 7.25. The molecule has 0 amide bonds. The van der Waals surface area contributed by atoms with Gasteiger partial charge in [-0.15, -0.1) is 11.3 Å². The van der Waals surface area contributed by atoms with E-state index in [1.807, 2.05) is 12.3 Å². The SMILES string of the molecule is CC(C)(C)c1ncnc2c1sc1ncccc12. The molecule has 0 bridgehead atoms. The Kier molecular flexibility index (Phi) is 2.16. The van der Waals surface area contributed by atoms with E-state index in [0.29, 0.717) is 0 Å². The zero-order valence-corrected chi connectivity index (χ0v) is 10.9. The molecule has 0 spiro atoms. The highest BCUT2D eigenvalue weighted by Gasteiger charge is 2.21. The van der Waals surface area contributed by atoms with Crippen molar-refractivity contribution in [3.05, 3.63) is 30.4 Å². The summed E-state index contributed by atoms with van der Waals surface area (Å²) in [6.45, 7) is 6.52. The van der Waals surface area contributed by atoms with E-state index in [2.05, 4.69) is 41.8 Å². The minimum absolute atomic E-state index is 0.0298. The first kappa shape index (κ1) is 10.6. The van der Waals surface area contributed by atoms with Crippen LogP contribution in [0.3, 0.4) is 0 Å². The highest BCUT2D eigenvalue weighted by Crippen LogP contribution is 2.36. The van der Waals surface area contributed by atoms with Crippen LogP contribution in [-0.2, 0) is 5.41 Å². The molecule has 0 aliphatic rings. The van der Waals surface area contributed by atoms with Gasteiger partial charge in [0.2, 0.25) is 0 Å². The van der Waals surface area contributed by atoms with Gasteiger partial charge in [-0.3, -0.25) is 0 Å². The quantitative estimate of drug-likeness (QED) is 0.606. The molecule has 0 N–H and O–H groups in total. The van der Waals surface area contributed by atoms with E-state index in [1.54, 1.807) is 17.7 Å². The van der Waals surface area contributed by atoms with Gasteiger partial charge in [-0.05, 0) is 12.1 Å². The Morgan fingerprint density at radius 3 is 2.71 bits per heavy atom. The van der Waals surface area contributed by atoms with E-state index in [-0.39, 0.29) is 5.41 Å². The van der Waals surface area contributed by atoms with Crippen molar-refractivity contribution in [3.63, 3.8) is 0 Å². The molecule has 0 saturated heterocycles. The molecule has 3 aromatic heterocycles. The van der Waals surface area contributed by atoms with Crippen LogP contribution in [0.4, 0.5) is 0 Å². The average Bonchev–Trinajstić information content (AvgIpc) is 2.65. The second kappa shape index (κ2) is 3.47. The molecule has 4 heteroatoms. The molecule has 17 heavy (non-hydrogen) atoms. The molecule has 0 saturated carbocycles. The molecule has 0 aliphatic carbocycles. The third kappa shape index (κ3) is 1.60. The minimum atomic E-state index is 0.0298. The molecule has 86 valence electrons. The topological polar surface area (TPSA) is 38.7 Å². The Labute approximate surface area is 104 Å². The second-order valence-corrected chi connectivity index (χ2v) is 6.11. The first-order chi connectivity index (χ1) is 8.07. The molecule has 0 aromatic carbocycles. The summed E-state index contributed by atoms with van der Waals surface area (Å²) in [7, 11) is 0. The molecule has 0 radical (unpaired) electrons. The molecule has 3 aromatic rings. The van der Waals surface area contributed by atoms with Gasteiger partial charge in [0.25, 0.3) is 0 Å². The van der Waals surface area contributed by atoms with Gasteiger partial charge in [0, 0.05) is 17.0 Å². The zero-order valence-electron chi connectivity index (χ0n) is 10.1. The summed E-state index contributed by atoms with van der Waals surface area (Å²) in [5, 5.41) is 1.13. The van der Waals surface area contributed by atoms with E-state index in [0.717, 1.165) is 26.1 Å². The smallest absolute Gasteiger partial charge is 0.126 e. The van der Waals surface area contributed by atoms with Gasteiger partial charge in [-0.1, -0.05) is 20.8 Å². The van der Waals surface area contributed by atoms with Crippen molar-refractivity contribution < 1.29 is 0 Å². The number of fused-ring (bicyclic) bond motifs is 3. The van der Waals surface area contributed by atoms with Crippen LogP contribution in [0.5, 0.6) is 0 Å². The predicted octanol–water partition coefficient (Wildman–Crippen LogP) is 3.54. The zero-order chi connectivity index (χ0) is 12.0. The second-order valence-electron chi connectivity index (χ2n) is 5.11. The Bertz CT molecular complexity index is 695. The van der Waals surface area contributed by atoms with E-state index in [1.165, 1.54) is 0 Å². The van der Waals surface area contributed by atoms with Crippen LogP contribution in [0.15, 0.2) is 24.7 Å². The van der Waals surface area contributed by atoms with Crippen molar-refractivity contribution in [2.75, 3.05) is 0 Å². The highest BCUT2D eigenvalue weighted by atomic mass is 32.1. The van der Waals surface area contributed by atoms with Crippen molar-refractivity contribution in [2.45, 2.75) is 26.2 Å². The summed E-state index contributed by atoms with van der Waals surface area (Å²) in [6, 6.07) is 4.02. The minimum Gasteiger partial charge on any atom is -0.245 e. The maximum absolute atomic E-state index is 4.44. The summed E-state index contributed by atoms with van der Waals surface area (Å²) >= 11 is 1.68. The Hall–Kier alpha value is -1.55. The van der Waals surface area contributed by atoms with Gasteiger partial charge < -0.3 is 0 Å². The molecule has 3 heterocycles. The maximum atomic E-state index is 4.44. The number of hydrogen-bond acceptors (Lipinski definition) is 4. The van der Waals surface area contributed by atoms with Crippen LogP contribution in [0.2, 0.25) is 0 Å². The lowest BCUT2D eigenvalue weighted by Gasteiger charge is -2.17. The summed E-state index contributed by atoms with van der Waals surface area (Å²) in [4.78, 5) is 14.3. The molecule has 0 atom stereocenters. The maximum Gasteiger partial charge on any atom is 0.126 e. The summed E-state index contributed by atoms with van der Waals surface area (Å²) in [6.07, 6.45) is 3.48. The van der Waals surface area contributed by atoms with Gasteiger partial charge in [0.05, 0.1) is 15.9 Å². The Morgan fingerprint density at radius 1 is 1.12 bits per heavy atom. The molecule has 0 unspecified atom stereocenters. The number of pyridine rings is 1. The molecule has 0 fully saturated rings. The number of aromatic nitrogens is 3. The normalized spacial score (nSPS) is 12.4. The average molecular weight is 243 g/mol. The lowest BCUT2D eigenvalue weighted by Crippen LogP contribution is -2.13. The van der Waals surface area contributed by atoms with Crippen molar-refractivity contribution in [1.82, 2.24) is 15.0 Å². The van der Waals surface area contributed by atoms with Gasteiger partial charge in [0.15, 0.2) is 0 Å². The third-order valence-electron chi connectivity index (χ3n) is 2.74. The molecular weight excluding hydrogens is 230 g/mol. The summed E-state index contributed by atoms with van der Waals surface area (Å²) in [5.74, 6) is 0. The van der Waals surface area contributed by atoms with Crippen molar-refractivity contribution in [3.8, 4) is 0 Å². The Morgan fingerprint density at radius 2 is 1.94 bits per heavy atom. The molecule has 3 rings (SSSR count). The largest absolute Gasteiger partial charge is 0.245 e. The van der Waals surface area contributed by atoms with Crippen LogP contribution >= 0.6 is 11.3 Å². The van der Waals surface area contributed by atoms with Gasteiger partial charge in [-0.2, -0.15) is 0 Å². The van der Waals surface area contributed by atoms with Gasteiger partial charge in [-0.25, -0.2) is 15.0 Å². The van der Waals surface area contributed by atoms with Crippen LogP contribution < -0.4 is 0 Å². The third-order valence-corrected chi connectivity index (χ3v) is 3.85. The number of nitrogens with zero attached hydrogens (tertiary/aromatic N) is 3. The standard InChI is InChI=1S/C13H13N3S/c1-13(2,3)11-10-9(15-7-16-11)8-5-4-6-14-12(8)17-10/h4-7H,1-3H3. The van der Waals surface area contributed by atoms with Gasteiger partial charge in [0.1, 0.15) is 11.2 Å². The number of rotatable bonds is 0. The van der Waals surface area contributed by atoms with E-state index in [4.69, 9.17) is 0 Å². The fourth-order valence-electron chi connectivity index (χ4n) is 1.95. The molecular formula is C13H13N3S. The Balaban J connectivity index is 2.48. The van der Waals surface area contributed by atoms with Crippen LogP contribution in [0.25, 0.3) is 20.4 Å². The predicted molar refractivity (Wildman–Crippen MR) is 71.4 cm³/mol. The van der Waals surface area contributed by atoms with Crippen LogP contribution in [0.1, 0.15) is 26.5 Å². The van der Waals surface area contributed by atoms with Crippen LogP contribution in [-0.4, -0.2) is 15.0 Å². The van der Waals surface area contributed by atoms with E-state index >= 15 is 0 Å². The lowest BCUT2D eigenvalue weighted by atomic mass is 9.91. The molecule has 3 nitrogen and oxygen atoms in total. The van der Waals surface area contributed by atoms with E-state index in [9.17, 15) is 0 Å². The van der Waals surface area contributed by atoms with E-state index < -0.39 is 0 Å². The number of hydrogen-bond donors (Lipinski definition) is 0. The first-order valence-corrected chi connectivity index (χ1v) is 6.38. The van der Waals surface area contributed by atoms with Gasteiger partial charge >= 0.3 is 0 Å². The molecule has 0 aliphatic heterocycles. The monoisotopic (exact) mass is 243 g/mol. The van der Waals surface area contributed by atoms with Crippen molar-refractivity contribution in [2.24, 2.45) is 0 Å². The van der Waals surface area contributed by atoms with Crippen molar-refractivity contribution >= 4 is 31.8 Å². The van der Waals surface area contributed by atoms with Crippen molar-refractivity contribution in [1.29, 1.82) is 0 Å². The number of thiophene rings is 1. The summed E-state index contributed by atoms with van der Waals surface area (Å²) in [5.41, 5.74) is 2.16. The fraction of sp³-hybridized carbons (Fsp3) is 0.308. The lowest BCUT2D eigenvalue weighted by molar-refractivity contribution is 0.575. The fourth-order valence-corrected chi connectivity index (χ4v) is 3.24. The first-order valence-electron chi connectivity index (χ1n) is 5.56. The summed E-state index contributed by atoms with van der Waals surface area (Å²) < 4.78 is 1.16. The van der Waals surface area contributed by atoms with Crippen LogP contribution in [0, 0.1) is 0 Å².